The molecular weight excluding hydrogens is 346 g/mol. The van der Waals surface area contributed by atoms with Crippen LogP contribution >= 0.6 is 0 Å². The van der Waals surface area contributed by atoms with E-state index in [1.54, 1.807) is 31.5 Å². The summed E-state index contributed by atoms with van der Waals surface area (Å²) in [5, 5.41) is 5.37. The molecule has 0 radical (unpaired) electrons. The summed E-state index contributed by atoms with van der Waals surface area (Å²) in [6.45, 7) is 1.92. The van der Waals surface area contributed by atoms with Crippen molar-refractivity contribution in [3.05, 3.63) is 66.6 Å². The van der Waals surface area contributed by atoms with Crippen molar-refractivity contribution in [2.45, 2.75) is 32.4 Å². The van der Waals surface area contributed by atoms with E-state index in [1.165, 1.54) is 0 Å². The fourth-order valence-electron chi connectivity index (χ4n) is 2.50. The zero-order valence-corrected chi connectivity index (χ0v) is 15.0. The average molecular weight is 367 g/mol. The number of amides is 2. The van der Waals surface area contributed by atoms with Crippen LogP contribution in [0.15, 0.2) is 63.8 Å². The summed E-state index contributed by atoms with van der Waals surface area (Å²) in [7, 11) is 0. The van der Waals surface area contributed by atoms with E-state index >= 15 is 0 Å². The van der Waals surface area contributed by atoms with Crippen LogP contribution in [0.5, 0.6) is 0 Å². The van der Waals surface area contributed by atoms with Gasteiger partial charge in [-0.1, -0.05) is 30.3 Å². The molecule has 0 aliphatic carbocycles. The number of rotatable bonds is 8. The summed E-state index contributed by atoms with van der Waals surface area (Å²) in [6.07, 6.45) is 3.73. The van der Waals surface area contributed by atoms with Gasteiger partial charge in [-0.2, -0.15) is 0 Å². The van der Waals surface area contributed by atoms with Gasteiger partial charge in [0.15, 0.2) is 11.7 Å². The standard InChI is InChI=1S/C20H21N3O4/c1-14(20(25)22-12-16-8-5-11-26-16)23-18(24)9-10-19-21-13-17(27-19)15-6-3-2-4-7-15/h2-8,11,13-14H,9-10,12H2,1H3,(H,22,25)(H,23,24). The minimum atomic E-state index is -0.642. The molecule has 2 N–H and O–H groups in total. The third-order valence-corrected chi connectivity index (χ3v) is 3.97. The minimum Gasteiger partial charge on any atom is -0.467 e. The van der Waals surface area contributed by atoms with Crippen LogP contribution < -0.4 is 10.6 Å². The van der Waals surface area contributed by atoms with Gasteiger partial charge in [0.2, 0.25) is 11.8 Å². The second kappa shape index (κ2) is 8.84. The fourth-order valence-corrected chi connectivity index (χ4v) is 2.50. The molecule has 0 aliphatic rings. The van der Waals surface area contributed by atoms with Crippen molar-refractivity contribution >= 4 is 11.8 Å². The minimum absolute atomic E-state index is 0.185. The highest BCUT2D eigenvalue weighted by Gasteiger charge is 2.16. The molecule has 2 heterocycles. The number of aromatic nitrogens is 1. The smallest absolute Gasteiger partial charge is 0.242 e. The molecule has 1 unspecified atom stereocenters. The van der Waals surface area contributed by atoms with Crippen molar-refractivity contribution in [1.29, 1.82) is 0 Å². The van der Waals surface area contributed by atoms with E-state index in [9.17, 15) is 9.59 Å². The highest BCUT2D eigenvalue weighted by Crippen LogP contribution is 2.20. The van der Waals surface area contributed by atoms with E-state index in [1.807, 2.05) is 30.3 Å². The van der Waals surface area contributed by atoms with E-state index in [0.717, 1.165) is 5.56 Å². The Bertz CT molecular complexity index is 872. The van der Waals surface area contributed by atoms with Crippen LogP contribution in [0, 0.1) is 0 Å². The molecule has 2 amide bonds. The molecule has 0 bridgehead atoms. The van der Waals surface area contributed by atoms with Crippen LogP contribution in [0.25, 0.3) is 11.3 Å². The lowest BCUT2D eigenvalue weighted by atomic mass is 10.2. The van der Waals surface area contributed by atoms with Crippen LogP contribution in [0.3, 0.4) is 0 Å². The first-order chi connectivity index (χ1) is 13.1. The van der Waals surface area contributed by atoms with Gasteiger partial charge in [0.1, 0.15) is 11.8 Å². The zero-order chi connectivity index (χ0) is 19.1. The molecule has 0 saturated carbocycles. The second-order valence-electron chi connectivity index (χ2n) is 6.07. The normalized spacial score (nSPS) is 11.7. The van der Waals surface area contributed by atoms with Crippen LogP contribution in [0.4, 0.5) is 0 Å². The van der Waals surface area contributed by atoms with E-state index in [4.69, 9.17) is 8.83 Å². The Morgan fingerprint density at radius 3 is 2.70 bits per heavy atom. The van der Waals surface area contributed by atoms with Gasteiger partial charge in [0.05, 0.1) is 19.0 Å². The Hall–Kier alpha value is -3.35. The van der Waals surface area contributed by atoms with Crippen molar-refractivity contribution < 1.29 is 18.4 Å². The van der Waals surface area contributed by atoms with Gasteiger partial charge in [-0.3, -0.25) is 9.59 Å². The summed E-state index contributed by atoms with van der Waals surface area (Å²) >= 11 is 0. The first-order valence-corrected chi connectivity index (χ1v) is 8.71. The number of hydrogen-bond donors (Lipinski definition) is 2. The monoisotopic (exact) mass is 367 g/mol. The van der Waals surface area contributed by atoms with Crippen LogP contribution in [0.1, 0.15) is 25.0 Å². The van der Waals surface area contributed by atoms with Crippen molar-refractivity contribution in [1.82, 2.24) is 15.6 Å². The highest BCUT2D eigenvalue weighted by molar-refractivity contribution is 5.87. The highest BCUT2D eigenvalue weighted by atomic mass is 16.4. The summed E-state index contributed by atoms with van der Waals surface area (Å²) in [5.41, 5.74) is 0.933. The van der Waals surface area contributed by atoms with Gasteiger partial charge in [-0.15, -0.1) is 0 Å². The Labute approximate surface area is 156 Å². The molecule has 7 nitrogen and oxygen atoms in total. The molecule has 0 spiro atoms. The molecule has 140 valence electrons. The van der Waals surface area contributed by atoms with Gasteiger partial charge in [-0.05, 0) is 19.1 Å². The van der Waals surface area contributed by atoms with Crippen LogP contribution in [-0.4, -0.2) is 22.8 Å². The fraction of sp³-hybridized carbons (Fsp3) is 0.250. The first kappa shape index (κ1) is 18.4. The Kier molecular flexibility index (Phi) is 6.04. The van der Waals surface area contributed by atoms with Crippen molar-refractivity contribution in [3.8, 4) is 11.3 Å². The maximum absolute atomic E-state index is 12.1. The van der Waals surface area contributed by atoms with Gasteiger partial charge < -0.3 is 19.5 Å². The zero-order valence-electron chi connectivity index (χ0n) is 15.0. The largest absolute Gasteiger partial charge is 0.467 e. The van der Waals surface area contributed by atoms with Crippen molar-refractivity contribution in [2.75, 3.05) is 0 Å². The summed E-state index contributed by atoms with van der Waals surface area (Å²) in [6, 6.07) is 12.5. The number of hydrogen-bond acceptors (Lipinski definition) is 5. The predicted molar refractivity (Wildman–Crippen MR) is 98.4 cm³/mol. The lowest BCUT2D eigenvalue weighted by Gasteiger charge is -2.13. The molecule has 3 aromatic rings. The Morgan fingerprint density at radius 1 is 1.15 bits per heavy atom. The molecule has 2 aromatic heterocycles. The summed E-state index contributed by atoms with van der Waals surface area (Å²) in [5.74, 6) is 1.29. The molecule has 1 atom stereocenters. The predicted octanol–water partition coefficient (Wildman–Crippen LogP) is 2.69. The molecule has 7 heteroatoms. The van der Waals surface area contributed by atoms with Gasteiger partial charge in [0.25, 0.3) is 0 Å². The molecular formula is C20H21N3O4. The first-order valence-electron chi connectivity index (χ1n) is 8.71. The number of oxazole rings is 1. The van der Waals surface area contributed by atoms with E-state index in [0.29, 0.717) is 23.8 Å². The second-order valence-corrected chi connectivity index (χ2v) is 6.07. The summed E-state index contributed by atoms with van der Waals surface area (Å²) < 4.78 is 10.8. The SMILES string of the molecule is CC(NC(=O)CCc1ncc(-c2ccccc2)o1)C(=O)NCc1ccco1. The number of nitrogens with zero attached hydrogens (tertiary/aromatic N) is 1. The quantitative estimate of drug-likeness (QED) is 0.638. The Morgan fingerprint density at radius 2 is 1.96 bits per heavy atom. The van der Waals surface area contributed by atoms with E-state index in [-0.39, 0.29) is 24.8 Å². The van der Waals surface area contributed by atoms with Gasteiger partial charge in [-0.25, -0.2) is 4.98 Å². The molecule has 0 aliphatic heterocycles. The number of carbonyl (C=O) groups excluding carboxylic acids is 2. The number of benzene rings is 1. The topological polar surface area (TPSA) is 97.4 Å². The van der Waals surface area contributed by atoms with Gasteiger partial charge in [0, 0.05) is 18.4 Å². The van der Waals surface area contributed by atoms with Crippen molar-refractivity contribution in [2.24, 2.45) is 0 Å². The molecule has 0 saturated heterocycles. The maximum atomic E-state index is 12.1. The molecule has 27 heavy (non-hydrogen) atoms. The molecule has 0 fully saturated rings. The Balaban J connectivity index is 1.42. The van der Waals surface area contributed by atoms with Crippen molar-refractivity contribution in [3.63, 3.8) is 0 Å². The lowest BCUT2D eigenvalue weighted by molar-refractivity contribution is -0.128. The number of carbonyl (C=O) groups is 2. The molecule has 3 rings (SSSR count). The third kappa shape index (κ3) is 5.31. The van der Waals surface area contributed by atoms with Gasteiger partial charge >= 0.3 is 0 Å². The van der Waals surface area contributed by atoms with E-state index < -0.39 is 6.04 Å². The lowest BCUT2D eigenvalue weighted by Crippen LogP contribution is -2.44. The van der Waals surface area contributed by atoms with E-state index in [2.05, 4.69) is 15.6 Å². The number of aryl methyl sites for hydroxylation is 1. The summed E-state index contributed by atoms with van der Waals surface area (Å²) in [4.78, 5) is 28.3. The maximum Gasteiger partial charge on any atom is 0.242 e. The number of furan rings is 1. The van der Waals surface area contributed by atoms with Crippen LogP contribution in [-0.2, 0) is 22.6 Å². The number of nitrogens with one attached hydrogen (secondary N) is 2. The third-order valence-electron chi connectivity index (χ3n) is 3.97. The van der Waals surface area contributed by atoms with Crippen LogP contribution in [0.2, 0.25) is 0 Å². The average Bonchev–Trinajstić information content (AvgIpc) is 3.37. The molecule has 1 aromatic carbocycles.